The molecule has 3 unspecified atom stereocenters. The van der Waals surface area contributed by atoms with E-state index in [1.807, 2.05) is 4.90 Å². The summed E-state index contributed by atoms with van der Waals surface area (Å²) in [6, 6.07) is 0.219. The minimum Gasteiger partial charge on any atom is -0.466 e. The van der Waals surface area contributed by atoms with E-state index in [0.717, 1.165) is 30.5 Å². The Morgan fingerprint density at radius 2 is 2.40 bits per heavy atom. The fraction of sp³-hybridized carbons (Fsp3) is 0.769. The van der Waals surface area contributed by atoms with Gasteiger partial charge in [0.2, 0.25) is 5.13 Å². The summed E-state index contributed by atoms with van der Waals surface area (Å²) >= 11 is 1.14. The second-order valence-electron chi connectivity index (χ2n) is 6.29. The van der Waals surface area contributed by atoms with E-state index in [0.29, 0.717) is 17.1 Å². The first kappa shape index (κ1) is 13.6. The van der Waals surface area contributed by atoms with Crippen molar-refractivity contribution in [1.29, 1.82) is 0 Å². The van der Waals surface area contributed by atoms with Crippen molar-refractivity contribution in [2.75, 3.05) is 25.5 Å². The smallest absolute Gasteiger partial charge is 0.329 e. The van der Waals surface area contributed by atoms with Crippen LogP contribution in [0.2, 0.25) is 0 Å². The maximum atomic E-state index is 12.3. The molecular weight excluding hydrogens is 276 g/mol. The summed E-state index contributed by atoms with van der Waals surface area (Å²) in [7, 11) is 1.51. The maximum absolute atomic E-state index is 12.3. The normalized spacial score (nSPS) is 32.2. The van der Waals surface area contributed by atoms with Crippen LogP contribution in [0.3, 0.4) is 0 Å². The summed E-state index contributed by atoms with van der Waals surface area (Å²) < 4.78 is 8.88. The molecule has 3 rings (SSSR count). The number of carbonyl (C=O) groups excluding carboxylic acids is 1. The van der Waals surface area contributed by atoms with Crippen molar-refractivity contribution in [3.8, 4) is 6.01 Å². The largest absolute Gasteiger partial charge is 0.466 e. The van der Waals surface area contributed by atoms with E-state index in [9.17, 15) is 4.79 Å². The predicted octanol–water partition coefficient (Wildman–Crippen LogP) is 2.45. The number of anilines is 1. The van der Waals surface area contributed by atoms with Gasteiger partial charge in [0.15, 0.2) is 0 Å². The van der Waals surface area contributed by atoms with Crippen LogP contribution in [0.5, 0.6) is 6.01 Å². The van der Waals surface area contributed by atoms with Crippen LogP contribution >= 0.6 is 11.5 Å². The van der Waals surface area contributed by atoms with Gasteiger partial charge >= 0.3 is 12.0 Å². The number of carbonyl (C=O) groups is 1. The number of nitrogens with one attached hydrogen (secondary N) is 1. The number of rotatable bonds is 2. The number of aromatic nitrogens is 2. The van der Waals surface area contributed by atoms with Crippen molar-refractivity contribution in [1.82, 2.24) is 14.3 Å². The second kappa shape index (κ2) is 4.87. The monoisotopic (exact) mass is 296 g/mol. The molecule has 0 spiro atoms. The third-order valence-corrected chi connectivity index (χ3v) is 5.18. The number of urea groups is 1. The van der Waals surface area contributed by atoms with E-state index in [2.05, 4.69) is 28.5 Å². The molecule has 1 aromatic rings. The van der Waals surface area contributed by atoms with Crippen LogP contribution in [0.25, 0.3) is 0 Å². The lowest BCUT2D eigenvalue weighted by atomic mass is 9.83. The Morgan fingerprint density at radius 3 is 3.05 bits per heavy atom. The van der Waals surface area contributed by atoms with Gasteiger partial charge in [0.1, 0.15) is 0 Å². The lowest BCUT2D eigenvalue weighted by Crippen LogP contribution is -2.35. The molecule has 2 amide bonds. The molecule has 0 radical (unpaired) electrons. The Kier molecular flexibility index (Phi) is 3.32. The van der Waals surface area contributed by atoms with Crippen molar-refractivity contribution in [2.45, 2.75) is 26.7 Å². The Balaban J connectivity index is 1.62. The van der Waals surface area contributed by atoms with Crippen LogP contribution < -0.4 is 10.1 Å². The molecule has 1 aliphatic heterocycles. The van der Waals surface area contributed by atoms with Crippen molar-refractivity contribution < 1.29 is 9.53 Å². The highest BCUT2D eigenvalue weighted by Gasteiger charge is 2.49. The fourth-order valence-electron chi connectivity index (χ4n) is 3.74. The topological polar surface area (TPSA) is 67.3 Å². The molecule has 0 aromatic carbocycles. The van der Waals surface area contributed by atoms with Crippen LogP contribution in [0, 0.1) is 17.3 Å². The average molecular weight is 296 g/mol. The van der Waals surface area contributed by atoms with E-state index >= 15 is 0 Å². The molecule has 1 aliphatic carbocycles. The first-order valence-corrected chi connectivity index (χ1v) is 7.71. The van der Waals surface area contributed by atoms with Gasteiger partial charge < -0.3 is 9.64 Å². The second-order valence-corrected chi connectivity index (χ2v) is 7.04. The molecule has 110 valence electrons. The Bertz CT molecular complexity index is 520. The lowest BCUT2D eigenvalue weighted by molar-refractivity contribution is 0.212. The van der Waals surface area contributed by atoms with Gasteiger partial charge in [-0.1, -0.05) is 13.8 Å². The molecule has 2 aliphatic rings. The quantitative estimate of drug-likeness (QED) is 0.910. The number of fused-ring (bicyclic) bond motifs is 1. The number of likely N-dealkylation sites (tertiary alicyclic amines) is 1. The SMILES string of the molecule is COc1nsc(NC(=O)N2CC3CC(C)CC3(C)C2)n1. The van der Waals surface area contributed by atoms with E-state index < -0.39 is 0 Å². The number of hydrogen-bond acceptors (Lipinski definition) is 5. The molecule has 2 fully saturated rings. The molecule has 1 N–H and O–H groups in total. The predicted molar refractivity (Wildman–Crippen MR) is 77.0 cm³/mol. The van der Waals surface area contributed by atoms with Crippen molar-refractivity contribution in [3.63, 3.8) is 0 Å². The van der Waals surface area contributed by atoms with Crippen molar-refractivity contribution in [2.24, 2.45) is 17.3 Å². The van der Waals surface area contributed by atoms with Gasteiger partial charge in [0.05, 0.1) is 7.11 Å². The van der Waals surface area contributed by atoms with Crippen LogP contribution in [-0.4, -0.2) is 40.5 Å². The zero-order chi connectivity index (χ0) is 14.3. The zero-order valence-electron chi connectivity index (χ0n) is 12.0. The minimum atomic E-state index is -0.0768. The molecule has 1 saturated heterocycles. The summed E-state index contributed by atoms with van der Waals surface area (Å²) in [6.45, 7) is 6.30. The number of methoxy groups -OCH3 is 1. The van der Waals surface area contributed by atoms with Crippen molar-refractivity contribution in [3.05, 3.63) is 0 Å². The fourth-order valence-corrected chi connectivity index (χ4v) is 4.27. The molecule has 0 bridgehead atoms. The van der Waals surface area contributed by atoms with E-state index in [4.69, 9.17) is 4.74 Å². The van der Waals surface area contributed by atoms with Gasteiger partial charge in [-0.3, -0.25) is 5.32 Å². The summed E-state index contributed by atoms with van der Waals surface area (Å²) in [5.41, 5.74) is 0.287. The summed E-state index contributed by atoms with van der Waals surface area (Å²) in [5.74, 6) is 1.41. The zero-order valence-corrected chi connectivity index (χ0v) is 12.9. The van der Waals surface area contributed by atoms with Gasteiger partial charge in [0.25, 0.3) is 0 Å². The van der Waals surface area contributed by atoms with Crippen LogP contribution in [-0.2, 0) is 0 Å². The van der Waals surface area contributed by atoms with E-state index in [-0.39, 0.29) is 11.4 Å². The molecule has 6 nitrogen and oxygen atoms in total. The van der Waals surface area contributed by atoms with Crippen LogP contribution in [0.4, 0.5) is 9.93 Å². The first-order chi connectivity index (χ1) is 9.50. The summed E-state index contributed by atoms with van der Waals surface area (Å²) in [4.78, 5) is 18.3. The Morgan fingerprint density at radius 1 is 1.60 bits per heavy atom. The van der Waals surface area contributed by atoms with Gasteiger partial charge in [-0.05, 0) is 30.1 Å². The van der Waals surface area contributed by atoms with Gasteiger partial charge in [-0.2, -0.15) is 4.98 Å². The highest BCUT2D eigenvalue weighted by molar-refractivity contribution is 7.10. The lowest BCUT2D eigenvalue weighted by Gasteiger charge is -2.23. The van der Waals surface area contributed by atoms with Crippen LogP contribution in [0.15, 0.2) is 0 Å². The molecule has 7 heteroatoms. The summed E-state index contributed by atoms with van der Waals surface area (Å²) in [6.07, 6.45) is 2.45. The number of ether oxygens (including phenoxy) is 1. The van der Waals surface area contributed by atoms with E-state index in [1.54, 1.807) is 0 Å². The molecule has 2 heterocycles. The summed E-state index contributed by atoms with van der Waals surface area (Å²) in [5, 5.41) is 3.30. The molecule has 1 saturated carbocycles. The number of hydrogen-bond donors (Lipinski definition) is 1. The van der Waals surface area contributed by atoms with Gasteiger partial charge in [0, 0.05) is 24.6 Å². The van der Waals surface area contributed by atoms with Crippen molar-refractivity contribution >= 4 is 22.7 Å². The Labute approximate surface area is 122 Å². The van der Waals surface area contributed by atoms with Gasteiger partial charge in [-0.25, -0.2) is 4.79 Å². The molecule has 3 atom stereocenters. The Hall–Kier alpha value is -1.37. The molecule has 1 aromatic heterocycles. The maximum Gasteiger partial charge on any atom is 0.329 e. The third-order valence-electron chi connectivity index (χ3n) is 4.57. The van der Waals surface area contributed by atoms with Gasteiger partial charge in [-0.15, -0.1) is 4.37 Å². The highest BCUT2D eigenvalue weighted by Crippen LogP contribution is 2.50. The first-order valence-electron chi connectivity index (χ1n) is 6.94. The van der Waals surface area contributed by atoms with Crippen LogP contribution in [0.1, 0.15) is 26.7 Å². The minimum absolute atomic E-state index is 0.0768. The molecule has 20 heavy (non-hydrogen) atoms. The standard InChI is InChI=1S/C13H20N4O2S/c1-8-4-9-6-17(7-13(9,2)5-8)12(18)15-11-14-10(19-3)16-20-11/h8-9H,4-7H2,1-3H3,(H,14,15,16,18). The highest BCUT2D eigenvalue weighted by atomic mass is 32.1. The third kappa shape index (κ3) is 2.34. The van der Waals surface area contributed by atoms with E-state index in [1.165, 1.54) is 20.0 Å². The average Bonchev–Trinajstić information content (AvgIpc) is 3.00. The number of amides is 2. The number of nitrogens with zero attached hydrogens (tertiary/aromatic N) is 3. The molecular formula is C13H20N4O2S.